The van der Waals surface area contributed by atoms with Gasteiger partial charge in [0.15, 0.2) is 0 Å². The lowest BCUT2D eigenvalue weighted by atomic mass is 10.1. The molecular formula is C11H17N3O. The normalized spacial score (nSPS) is 21.3. The van der Waals surface area contributed by atoms with E-state index < -0.39 is 0 Å². The number of likely N-dealkylation sites (N-methyl/N-ethyl adjacent to an activating group) is 1. The van der Waals surface area contributed by atoms with Gasteiger partial charge in [0.25, 0.3) is 0 Å². The van der Waals surface area contributed by atoms with Gasteiger partial charge in [0.1, 0.15) is 0 Å². The first kappa shape index (κ1) is 10.4. The molecule has 1 saturated heterocycles. The Morgan fingerprint density at radius 2 is 2.20 bits per heavy atom. The van der Waals surface area contributed by atoms with Gasteiger partial charge in [-0.15, -0.1) is 0 Å². The van der Waals surface area contributed by atoms with Crippen molar-refractivity contribution in [1.29, 1.82) is 0 Å². The molecule has 0 spiro atoms. The summed E-state index contributed by atoms with van der Waals surface area (Å²) in [5.41, 5.74) is 0. The van der Waals surface area contributed by atoms with Crippen LogP contribution in [-0.2, 0) is 4.74 Å². The Balaban J connectivity index is 1.88. The van der Waals surface area contributed by atoms with Crippen LogP contribution in [0.15, 0.2) is 18.5 Å². The predicted octanol–water partition coefficient (Wildman–Crippen LogP) is 1.48. The van der Waals surface area contributed by atoms with E-state index in [2.05, 4.69) is 14.9 Å². The Labute approximate surface area is 90.3 Å². The summed E-state index contributed by atoms with van der Waals surface area (Å²) in [6, 6.07) is 1.83. The largest absolute Gasteiger partial charge is 0.376 e. The van der Waals surface area contributed by atoms with Gasteiger partial charge in [-0.25, -0.2) is 9.97 Å². The molecule has 0 aliphatic carbocycles. The number of hydrogen-bond acceptors (Lipinski definition) is 4. The number of ether oxygens (including phenoxy) is 1. The first-order valence-electron chi connectivity index (χ1n) is 5.46. The molecule has 2 heterocycles. The summed E-state index contributed by atoms with van der Waals surface area (Å²) in [5, 5.41) is 0. The molecule has 0 radical (unpaired) electrons. The van der Waals surface area contributed by atoms with E-state index in [4.69, 9.17) is 4.74 Å². The number of nitrogens with zero attached hydrogens (tertiary/aromatic N) is 3. The van der Waals surface area contributed by atoms with E-state index in [-0.39, 0.29) is 0 Å². The van der Waals surface area contributed by atoms with Crippen molar-refractivity contribution in [1.82, 2.24) is 9.97 Å². The van der Waals surface area contributed by atoms with Crippen molar-refractivity contribution in [2.45, 2.75) is 25.4 Å². The first-order valence-corrected chi connectivity index (χ1v) is 5.46. The first-order chi connectivity index (χ1) is 7.36. The number of rotatable bonds is 3. The van der Waals surface area contributed by atoms with E-state index in [1.54, 1.807) is 12.4 Å². The van der Waals surface area contributed by atoms with Crippen LogP contribution in [0.1, 0.15) is 19.3 Å². The standard InChI is InChI=1S/C11H17N3O/c1-14(11-12-6-4-7-13-11)9-10-5-2-3-8-15-10/h4,6-7,10H,2-3,5,8-9H2,1H3. The molecule has 1 aliphatic heterocycles. The Kier molecular flexibility index (Phi) is 3.50. The second-order valence-electron chi connectivity index (χ2n) is 3.92. The van der Waals surface area contributed by atoms with E-state index in [9.17, 15) is 0 Å². The van der Waals surface area contributed by atoms with Crippen LogP contribution in [0, 0.1) is 0 Å². The highest BCUT2D eigenvalue weighted by atomic mass is 16.5. The molecule has 1 aromatic heterocycles. The van der Waals surface area contributed by atoms with Gasteiger partial charge in [0.2, 0.25) is 5.95 Å². The molecule has 0 amide bonds. The molecule has 15 heavy (non-hydrogen) atoms. The van der Waals surface area contributed by atoms with E-state index in [0.29, 0.717) is 6.10 Å². The zero-order valence-electron chi connectivity index (χ0n) is 9.09. The van der Waals surface area contributed by atoms with Gasteiger partial charge in [-0.1, -0.05) is 0 Å². The molecule has 4 nitrogen and oxygen atoms in total. The van der Waals surface area contributed by atoms with E-state index in [1.165, 1.54) is 12.8 Å². The van der Waals surface area contributed by atoms with Gasteiger partial charge in [0.05, 0.1) is 6.10 Å². The molecular weight excluding hydrogens is 190 g/mol. The van der Waals surface area contributed by atoms with Crippen molar-refractivity contribution in [3.8, 4) is 0 Å². The summed E-state index contributed by atoms with van der Waals surface area (Å²) in [6.45, 7) is 1.78. The molecule has 2 rings (SSSR count). The van der Waals surface area contributed by atoms with Crippen LogP contribution in [0.2, 0.25) is 0 Å². The highest BCUT2D eigenvalue weighted by molar-refractivity contribution is 5.26. The maximum absolute atomic E-state index is 5.67. The fourth-order valence-corrected chi connectivity index (χ4v) is 1.83. The Morgan fingerprint density at radius 1 is 1.40 bits per heavy atom. The van der Waals surface area contributed by atoms with Crippen molar-refractivity contribution in [2.75, 3.05) is 25.1 Å². The van der Waals surface area contributed by atoms with E-state index >= 15 is 0 Å². The number of anilines is 1. The molecule has 1 fully saturated rings. The van der Waals surface area contributed by atoms with E-state index in [1.807, 2.05) is 13.1 Å². The van der Waals surface area contributed by atoms with Gasteiger partial charge in [-0.2, -0.15) is 0 Å². The van der Waals surface area contributed by atoms with Gasteiger partial charge in [-0.3, -0.25) is 0 Å². The summed E-state index contributed by atoms with van der Waals surface area (Å²) >= 11 is 0. The third kappa shape index (κ3) is 2.89. The zero-order chi connectivity index (χ0) is 10.5. The Bertz CT molecular complexity index is 285. The highest BCUT2D eigenvalue weighted by Crippen LogP contribution is 2.14. The van der Waals surface area contributed by atoms with E-state index in [0.717, 1.165) is 25.5 Å². The van der Waals surface area contributed by atoms with Gasteiger partial charge in [-0.05, 0) is 25.3 Å². The fourth-order valence-electron chi connectivity index (χ4n) is 1.83. The van der Waals surface area contributed by atoms with Crippen molar-refractivity contribution < 1.29 is 4.74 Å². The van der Waals surface area contributed by atoms with Crippen molar-refractivity contribution in [3.63, 3.8) is 0 Å². The van der Waals surface area contributed by atoms with Gasteiger partial charge >= 0.3 is 0 Å². The minimum atomic E-state index is 0.340. The van der Waals surface area contributed by atoms with Crippen LogP contribution >= 0.6 is 0 Å². The van der Waals surface area contributed by atoms with Crippen LogP contribution in [0.3, 0.4) is 0 Å². The molecule has 1 aromatic rings. The predicted molar refractivity (Wildman–Crippen MR) is 58.9 cm³/mol. The lowest BCUT2D eigenvalue weighted by Crippen LogP contribution is -2.34. The molecule has 1 unspecified atom stereocenters. The smallest absolute Gasteiger partial charge is 0.225 e. The van der Waals surface area contributed by atoms with Crippen molar-refractivity contribution in [3.05, 3.63) is 18.5 Å². The van der Waals surface area contributed by atoms with Crippen LogP contribution in [0.4, 0.5) is 5.95 Å². The topological polar surface area (TPSA) is 38.2 Å². The maximum atomic E-state index is 5.67. The lowest BCUT2D eigenvalue weighted by molar-refractivity contribution is 0.0214. The average molecular weight is 207 g/mol. The van der Waals surface area contributed by atoms with Crippen LogP contribution < -0.4 is 4.90 Å². The van der Waals surface area contributed by atoms with Gasteiger partial charge < -0.3 is 9.64 Å². The van der Waals surface area contributed by atoms with Crippen molar-refractivity contribution in [2.24, 2.45) is 0 Å². The monoisotopic (exact) mass is 207 g/mol. The SMILES string of the molecule is CN(CC1CCCCO1)c1ncccn1. The summed E-state index contributed by atoms with van der Waals surface area (Å²) in [4.78, 5) is 10.5. The number of aromatic nitrogens is 2. The highest BCUT2D eigenvalue weighted by Gasteiger charge is 2.16. The van der Waals surface area contributed by atoms with Crippen molar-refractivity contribution >= 4 is 5.95 Å². The number of hydrogen-bond donors (Lipinski definition) is 0. The fraction of sp³-hybridized carbons (Fsp3) is 0.636. The minimum absolute atomic E-state index is 0.340. The molecule has 4 heteroatoms. The third-order valence-electron chi connectivity index (χ3n) is 2.65. The Hall–Kier alpha value is -1.16. The molecule has 1 aliphatic rings. The quantitative estimate of drug-likeness (QED) is 0.752. The molecule has 0 N–H and O–H groups in total. The second-order valence-corrected chi connectivity index (χ2v) is 3.92. The molecule has 1 atom stereocenters. The summed E-state index contributed by atoms with van der Waals surface area (Å²) in [6.07, 6.45) is 7.49. The zero-order valence-corrected chi connectivity index (χ0v) is 9.09. The van der Waals surface area contributed by atoms with Gasteiger partial charge in [0, 0.05) is 32.6 Å². The molecule has 0 bridgehead atoms. The third-order valence-corrected chi connectivity index (χ3v) is 2.65. The summed E-state index contributed by atoms with van der Waals surface area (Å²) in [7, 11) is 2.01. The molecule has 0 aromatic carbocycles. The second kappa shape index (κ2) is 5.07. The summed E-state index contributed by atoms with van der Waals surface area (Å²) < 4.78 is 5.67. The van der Waals surface area contributed by atoms with Crippen LogP contribution in [-0.4, -0.2) is 36.3 Å². The van der Waals surface area contributed by atoms with Crippen LogP contribution in [0.5, 0.6) is 0 Å². The Morgan fingerprint density at radius 3 is 2.87 bits per heavy atom. The maximum Gasteiger partial charge on any atom is 0.225 e. The minimum Gasteiger partial charge on any atom is -0.376 e. The average Bonchev–Trinajstić information content (AvgIpc) is 2.31. The molecule has 0 saturated carbocycles. The molecule has 82 valence electrons. The lowest BCUT2D eigenvalue weighted by Gasteiger charge is -2.27. The van der Waals surface area contributed by atoms with Crippen LogP contribution in [0.25, 0.3) is 0 Å². The summed E-state index contributed by atoms with van der Waals surface area (Å²) in [5.74, 6) is 0.770.